The van der Waals surface area contributed by atoms with E-state index in [0.717, 1.165) is 0 Å². The van der Waals surface area contributed by atoms with Crippen LogP contribution in [-0.2, 0) is 14.3 Å². The van der Waals surface area contributed by atoms with Gasteiger partial charge in [-0.2, -0.15) is 0 Å². The Balaban J connectivity index is 4.06. The predicted octanol–water partition coefficient (Wildman–Crippen LogP) is 0.252. The van der Waals surface area contributed by atoms with Gasteiger partial charge in [0.1, 0.15) is 0 Å². The summed E-state index contributed by atoms with van der Waals surface area (Å²) in [5, 5.41) is 2.82. The Hall–Kier alpha value is -1.10. The number of carbonyl (C=O) groups excluding carboxylic acids is 2. The van der Waals surface area contributed by atoms with E-state index in [1.807, 2.05) is 13.8 Å². The van der Waals surface area contributed by atoms with Crippen LogP contribution >= 0.6 is 0 Å². The summed E-state index contributed by atoms with van der Waals surface area (Å²) in [6.07, 6.45) is 0. The third-order valence-electron chi connectivity index (χ3n) is 2.33. The first-order chi connectivity index (χ1) is 7.38. The molecule has 0 radical (unpaired) electrons. The Labute approximate surface area is 97.1 Å². The lowest BCUT2D eigenvalue weighted by Gasteiger charge is -2.22. The summed E-state index contributed by atoms with van der Waals surface area (Å²) in [5.74, 6) is 0.00757. The van der Waals surface area contributed by atoms with Crippen LogP contribution in [0, 0.1) is 5.92 Å². The van der Waals surface area contributed by atoms with Crippen LogP contribution in [0.4, 0.5) is 0 Å². The number of hydrogen-bond acceptors (Lipinski definition) is 4. The summed E-state index contributed by atoms with van der Waals surface area (Å²) in [7, 11) is 3.05. The third-order valence-corrected chi connectivity index (χ3v) is 2.33. The minimum absolute atomic E-state index is 0.0693. The van der Waals surface area contributed by atoms with E-state index in [1.165, 1.54) is 7.11 Å². The van der Waals surface area contributed by atoms with Gasteiger partial charge >= 0.3 is 5.97 Å². The van der Waals surface area contributed by atoms with Crippen LogP contribution < -0.4 is 5.32 Å². The molecule has 0 aromatic carbocycles. The molecule has 1 amide bonds. The zero-order chi connectivity index (χ0) is 12.7. The molecule has 5 nitrogen and oxygen atoms in total. The molecular formula is C11H22N2O3. The van der Waals surface area contributed by atoms with Gasteiger partial charge in [0.05, 0.1) is 19.7 Å². The lowest BCUT2D eigenvalue weighted by atomic mass is 10.2. The van der Waals surface area contributed by atoms with Crippen molar-refractivity contribution in [1.29, 1.82) is 0 Å². The summed E-state index contributed by atoms with van der Waals surface area (Å²) in [4.78, 5) is 24.3. The highest BCUT2D eigenvalue weighted by Crippen LogP contribution is 1.97. The normalized spacial score (nSPS) is 12.7. The van der Waals surface area contributed by atoms with Crippen LogP contribution in [0.1, 0.15) is 20.8 Å². The van der Waals surface area contributed by atoms with Gasteiger partial charge in [0.2, 0.25) is 5.91 Å². The number of carbonyl (C=O) groups is 2. The van der Waals surface area contributed by atoms with Crippen molar-refractivity contribution in [3.8, 4) is 0 Å². The number of nitrogens with one attached hydrogen (secondary N) is 1. The maximum Gasteiger partial charge on any atom is 0.319 e. The minimum Gasteiger partial charge on any atom is -0.468 e. The van der Waals surface area contributed by atoms with Gasteiger partial charge in [-0.15, -0.1) is 0 Å². The molecule has 0 rings (SSSR count). The molecule has 0 heterocycles. The highest BCUT2D eigenvalue weighted by atomic mass is 16.5. The summed E-state index contributed by atoms with van der Waals surface area (Å²) in [5.41, 5.74) is 0. The van der Waals surface area contributed by atoms with Gasteiger partial charge in [0.25, 0.3) is 0 Å². The fraction of sp³-hybridized carbons (Fsp3) is 0.818. The van der Waals surface area contributed by atoms with Crippen LogP contribution in [0.2, 0.25) is 0 Å². The average Bonchev–Trinajstić information content (AvgIpc) is 2.24. The monoisotopic (exact) mass is 230 g/mol. The molecule has 0 bridgehead atoms. The average molecular weight is 230 g/mol. The van der Waals surface area contributed by atoms with Crippen molar-refractivity contribution in [2.45, 2.75) is 26.8 Å². The second-order valence-corrected chi connectivity index (χ2v) is 4.31. The van der Waals surface area contributed by atoms with E-state index in [9.17, 15) is 9.59 Å². The first-order valence-electron chi connectivity index (χ1n) is 5.43. The molecule has 0 saturated heterocycles. The minimum atomic E-state index is -0.342. The van der Waals surface area contributed by atoms with E-state index in [-0.39, 0.29) is 24.5 Å². The zero-order valence-electron chi connectivity index (χ0n) is 10.7. The molecule has 16 heavy (non-hydrogen) atoms. The van der Waals surface area contributed by atoms with Gasteiger partial charge in [-0.25, -0.2) is 0 Å². The molecule has 0 spiro atoms. The summed E-state index contributed by atoms with van der Waals surface area (Å²) in [6.45, 7) is 6.59. The van der Waals surface area contributed by atoms with Crippen molar-refractivity contribution in [3.05, 3.63) is 0 Å². The largest absolute Gasteiger partial charge is 0.468 e. The number of rotatable bonds is 6. The number of nitrogens with zero attached hydrogens (tertiary/aromatic N) is 1. The Bertz CT molecular complexity index is 241. The van der Waals surface area contributed by atoms with Gasteiger partial charge in [0, 0.05) is 6.54 Å². The van der Waals surface area contributed by atoms with Crippen molar-refractivity contribution < 1.29 is 14.3 Å². The van der Waals surface area contributed by atoms with Crippen LogP contribution in [0.3, 0.4) is 0 Å². The second-order valence-electron chi connectivity index (χ2n) is 4.31. The quantitative estimate of drug-likeness (QED) is 0.665. The highest BCUT2D eigenvalue weighted by Gasteiger charge is 2.19. The third kappa shape index (κ3) is 5.70. The molecule has 0 aliphatic carbocycles. The van der Waals surface area contributed by atoms with Crippen LogP contribution in [0.15, 0.2) is 0 Å². The number of likely N-dealkylation sites (N-methyl/N-ethyl adjacent to an activating group) is 1. The summed E-state index contributed by atoms with van der Waals surface area (Å²) < 4.78 is 4.54. The number of methoxy groups -OCH3 is 1. The van der Waals surface area contributed by atoms with Crippen molar-refractivity contribution in [1.82, 2.24) is 10.2 Å². The van der Waals surface area contributed by atoms with E-state index < -0.39 is 0 Å². The maximum absolute atomic E-state index is 11.7. The molecule has 1 N–H and O–H groups in total. The van der Waals surface area contributed by atoms with Gasteiger partial charge in [-0.05, 0) is 19.9 Å². The Morgan fingerprint density at radius 2 is 1.88 bits per heavy atom. The van der Waals surface area contributed by atoms with E-state index in [0.29, 0.717) is 12.5 Å². The lowest BCUT2D eigenvalue weighted by Crippen LogP contribution is -2.46. The van der Waals surface area contributed by atoms with E-state index in [4.69, 9.17) is 0 Å². The molecule has 0 fully saturated rings. The Morgan fingerprint density at radius 1 is 1.31 bits per heavy atom. The van der Waals surface area contributed by atoms with E-state index >= 15 is 0 Å². The van der Waals surface area contributed by atoms with Gasteiger partial charge in [0.15, 0.2) is 0 Å². The lowest BCUT2D eigenvalue weighted by molar-refractivity contribution is -0.142. The predicted molar refractivity (Wildman–Crippen MR) is 62.0 cm³/mol. The molecular weight excluding hydrogens is 208 g/mol. The SMILES string of the molecule is COC(=O)CN(C)[C@H](C)C(=O)NCC(C)C. The molecule has 0 aliphatic rings. The first-order valence-corrected chi connectivity index (χ1v) is 5.43. The molecule has 0 unspecified atom stereocenters. The van der Waals surface area contributed by atoms with Crippen LogP contribution in [-0.4, -0.2) is 50.1 Å². The molecule has 0 saturated carbocycles. The first kappa shape index (κ1) is 14.9. The molecule has 5 heteroatoms. The van der Waals surface area contributed by atoms with Crippen LogP contribution in [0.5, 0.6) is 0 Å². The van der Waals surface area contributed by atoms with Crippen molar-refractivity contribution >= 4 is 11.9 Å². The van der Waals surface area contributed by atoms with Crippen LogP contribution in [0.25, 0.3) is 0 Å². The molecule has 0 aromatic rings. The number of amides is 1. The van der Waals surface area contributed by atoms with Gasteiger partial charge in [-0.3, -0.25) is 14.5 Å². The van der Waals surface area contributed by atoms with Crippen molar-refractivity contribution in [2.75, 3.05) is 27.2 Å². The highest BCUT2D eigenvalue weighted by molar-refractivity contribution is 5.82. The van der Waals surface area contributed by atoms with Gasteiger partial charge in [-0.1, -0.05) is 13.8 Å². The maximum atomic E-state index is 11.7. The second kappa shape index (κ2) is 7.22. The molecule has 0 aromatic heterocycles. The number of esters is 1. The van der Waals surface area contributed by atoms with Gasteiger partial charge < -0.3 is 10.1 Å². The topological polar surface area (TPSA) is 58.6 Å². The fourth-order valence-electron chi connectivity index (χ4n) is 1.06. The molecule has 1 atom stereocenters. The number of hydrogen-bond donors (Lipinski definition) is 1. The van der Waals surface area contributed by atoms with E-state index in [2.05, 4.69) is 10.1 Å². The molecule has 0 aliphatic heterocycles. The summed E-state index contributed by atoms with van der Waals surface area (Å²) >= 11 is 0. The fourth-order valence-corrected chi connectivity index (χ4v) is 1.06. The zero-order valence-corrected chi connectivity index (χ0v) is 10.7. The number of ether oxygens (including phenoxy) is 1. The Morgan fingerprint density at radius 3 is 2.31 bits per heavy atom. The van der Waals surface area contributed by atoms with Crippen molar-refractivity contribution in [3.63, 3.8) is 0 Å². The summed E-state index contributed by atoms with van der Waals surface area (Å²) in [6, 6.07) is -0.335. The van der Waals surface area contributed by atoms with E-state index in [1.54, 1.807) is 18.9 Å². The smallest absolute Gasteiger partial charge is 0.319 e. The molecule has 94 valence electrons. The van der Waals surface area contributed by atoms with Crippen molar-refractivity contribution in [2.24, 2.45) is 5.92 Å². The Kier molecular flexibility index (Phi) is 6.72. The standard InChI is InChI=1S/C11H22N2O3/c1-8(2)6-12-11(15)9(3)13(4)7-10(14)16-5/h8-9H,6-7H2,1-5H3,(H,12,15)/t9-/m1/s1.